The number of carbonyl (C=O) groups excluding carboxylic acids is 1. The Morgan fingerprint density at radius 3 is 2.33 bits per heavy atom. The first kappa shape index (κ1) is 16.2. The molecule has 0 aliphatic carbocycles. The molecule has 0 atom stereocenters. The molecule has 0 fully saturated rings. The number of anilines is 2. The Morgan fingerprint density at radius 2 is 1.67 bits per heavy atom. The summed E-state index contributed by atoms with van der Waals surface area (Å²) in [5, 5.41) is 2.91. The first-order valence-electron chi connectivity index (χ1n) is 8.27. The number of fused-ring (bicyclic) bond motifs is 1. The fourth-order valence-corrected chi connectivity index (χ4v) is 2.73. The van der Waals surface area contributed by atoms with Gasteiger partial charge in [0, 0.05) is 30.0 Å². The van der Waals surface area contributed by atoms with Gasteiger partial charge in [0.15, 0.2) is 11.5 Å². The summed E-state index contributed by atoms with van der Waals surface area (Å²) in [5.41, 5.74) is 2.47. The fourth-order valence-electron chi connectivity index (χ4n) is 2.73. The van der Waals surface area contributed by atoms with E-state index in [0.29, 0.717) is 30.3 Å². The van der Waals surface area contributed by atoms with Gasteiger partial charge in [-0.05, 0) is 56.3 Å². The lowest BCUT2D eigenvalue weighted by molar-refractivity contribution is 0.102. The standard InChI is InChI=1S/C19H22N2O3/c1-3-21(4-2)16-8-6-15(7-9-16)20-19(22)14-5-10-17-18(13-14)24-12-11-23-17/h5-10,13H,3-4,11-12H2,1-2H3,(H,20,22). The number of carbonyl (C=O) groups is 1. The van der Waals surface area contributed by atoms with Crippen molar-refractivity contribution in [2.75, 3.05) is 36.5 Å². The highest BCUT2D eigenvalue weighted by molar-refractivity contribution is 6.04. The first-order chi connectivity index (χ1) is 11.7. The number of hydrogen-bond acceptors (Lipinski definition) is 4. The van der Waals surface area contributed by atoms with Crippen LogP contribution in [0.1, 0.15) is 24.2 Å². The van der Waals surface area contributed by atoms with Crippen molar-refractivity contribution in [1.29, 1.82) is 0 Å². The van der Waals surface area contributed by atoms with Gasteiger partial charge < -0.3 is 19.7 Å². The van der Waals surface area contributed by atoms with E-state index >= 15 is 0 Å². The van der Waals surface area contributed by atoms with Crippen molar-refractivity contribution in [3.63, 3.8) is 0 Å². The highest BCUT2D eigenvalue weighted by Crippen LogP contribution is 2.31. The molecule has 0 saturated heterocycles. The molecule has 0 saturated carbocycles. The molecule has 3 rings (SSSR count). The molecule has 0 unspecified atom stereocenters. The molecular weight excluding hydrogens is 304 g/mol. The van der Waals surface area contributed by atoms with Crippen molar-refractivity contribution in [3.8, 4) is 11.5 Å². The van der Waals surface area contributed by atoms with E-state index in [0.717, 1.165) is 24.5 Å². The van der Waals surface area contributed by atoms with Crippen molar-refractivity contribution >= 4 is 17.3 Å². The largest absolute Gasteiger partial charge is 0.486 e. The highest BCUT2D eigenvalue weighted by Gasteiger charge is 2.15. The summed E-state index contributed by atoms with van der Waals surface area (Å²) in [6.45, 7) is 7.21. The highest BCUT2D eigenvalue weighted by atomic mass is 16.6. The Hall–Kier alpha value is -2.69. The van der Waals surface area contributed by atoms with Gasteiger partial charge in [-0.2, -0.15) is 0 Å². The lowest BCUT2D eigenvalue weighted by Crippen LogP contribution is -2.21. The molecule has 1 aliphatic rings. The quantitative estimate of drug-likeness (QED) is 0.913. The molecule has 1 N–H and O–H groups in total. The number of amides is 1. The zero-order valence-corrected chi connectivity index (χ0v) is 14.0. The zero-order chi connectivity index (χ0) is 16.9. The van der Waals surface area contributed by atoms with Crippen LogP contribution in [0.25, 0.3) is 0 Å². The van der Waals surface area contributed by atoms with Crippen LogP contribution in [0.3, 0.4) is 0 Å². The molecule has 126 valence electrons. The van der Waals surface area contributed by atoms with E-state index in [9.17, 15) is 4.79 Å². The predicted octanol–water partition coefficient (Wildman–Crippen LogP) is 3.56. The SMILES string of the molecule is CCN(CC)c1ccc(NC(=O)c2ccc3c(c2)OCCO3)cc1. The fraction of sp³-hybridized carbons (Fsp3) is 0.316. The van der Waals surface area contributed by atoms with E-state index < -0.39 is 0 Å². The molecule has 5 nitrogen and oxygen atoms in total. The zero-order valence-electron chi connectivity index (χ0n) is 14.0. The Balaban J connectivity index is 1.70. The van der Waals surface area contributed by atoms with E-state index in [1.807, 2.05) is 24.3 Å². The van der Waals surface area contributed by atoms with Gasteiger partial charge in [0.2, 0.25) is 0 Å². The monoisotopic (exact) mass is 326 g/mol. The van der Waals surface area contributed by atoms with Gasteiger partial charge in [-0.15, -0.1) is 0 Å². The van der Waals surface area contributed by atoms with Crippen LogP contribution in [0.4, 0.5) is 11.4 Å². The number of nitrogens with zero attached hydrogens (tertiary/aromatic N) is 1. The average molecular weight is 326 g/mol. The Morgan fingerprint density at radius 1 is 1.00 bits per heavy atom. The Bertz CT molecular complexity index is 709. The predicted molar refractivity (Wildman–Crippen MR) is 95.4 cm³/mol. The van der Waals surface area contributed by atoms with Crippen LogP contribution in [0.15, 0.2) is 42.5 Å². The molecule has 0 bridgehead atoms. The summed E-state index contributed by atoms with van der Waals surface area (Å²) in [6.07, 6.45) is 0. The van der Waals surface area contributed by atoms with Crippen molar-refractivity contribution in [1.82, 2.24) is 0 Å². The summed E-state index contributed by atoms with van der Waals surface area (Å²) in [4.78, 5) is 14.7. The molecule has 2 aromatic rings. The maximum atomic E-state index is 12.4. The number of benzene rings is 2. The topological polar surface area (TPSA) is 50.8 Å². The van der Waals surface area contributed by atoms with Crippen molar-refractivity contribution < 1.29 is 14.3 Å². The second-order valence-corrected chi connectivity index (χ2v) is 5.53. The number of nitrogens with one attached hydrogen (secondary N) is 1. The van der Waals surface area contributed by atoms with Gasteiger partial charge >= 0.3 is 0 Å². The third kappa shape index (κ3) is 3.45. The van der Waals surface area contributed by atoms with Crippen LogP contribution >= 0.6 is 0 Å². The van der Waals surface area contributed by atoms with Crippen molar-refractivity contribution in [2.45, 2.75) is 13.8 Å². The summed E-state index contributed by atoms with van der Waals surface area (Å²) >= 11 is 0. The van der Waals surface area contributed by atoms with Crippen molar-refractivity contribution in [2.24, 2.45) is 0 Å². The number of rotatable bonds is 5. The van der Waals surface area contributed by atoms with E-state index in [1.54, 1.807) is 18.2 Å². The minimum atomic E-state index is -0.164. The molecule has 1 amide bonds. The Labute approximate surface area is 142 Å². The average Bonchev–Trinajstić information content (AvgIpc) is 2.63. The molecule has 0 aromatic heterocycles. The third-order valence-electron chi connectivity index (χ3n) is 4.06. The van der Waals surface area contributed by atoms with Crippen LogP contribution in [-0.4, -0.2) is 32.2 Å². The molecule has 1 aliphatic heterocycles. The van der Waals surface area contributed by atoms with Crippen LogP contribution < -0.4 is 19.7 Å². The van der Waals surface area contributed by atoms with Gasteiger partial charge in [0.1, 0.15) is 13.2 Å². The van der Waals surface area contributed by atoms with E-state index in [2.05, 4.69) is 24.1 Å². The summed E-state index contributed by atoms with van der Waals surface area (Å²) < 4.78 is 11.0. The molecular formula is C19H22N2O3. The minimum absolute atomic E-state index is 0.164. The molecule has 2 aromatic carbocycles. The van der Waals surface area contributed by atoms with Crippen LogP contribution in [0.5, 0.6) is 11.5 Å². The lowest BCUT2D eigenvalue weighted by atomic mass is 10.1. The lowest BCUT2D eigenvalue weighted by Gasteiger charge is -2.21. The normalized spacial score (nSPS) is 12.6. The van der Waals surface area contributed by atoms with Gasteiger partial charge in [-0.3, -0.25) is 4.79 Å². The third-order valence-corrected chi connectivity index (χ3v) is 4.06. The van der Waals surface area contributed by atoms with E-state index in [-0.39, 0.29) is 5.91 Å². The minimum Gasteiger partial charge on any atom is -0.486 e. The molecule has 0 spiro atoms. The summed E-state index contributed by atoms with van der Waals surface area (Å²) in [6, 6.07) is 13.1. The number of hydrogen-bond donors (Lipinski definition) is 1. The second kappa shape index (κ2) is 7.25. The van der Waals surface area contributed by atoms with E-state index in [4.69, 9.17) is 9.47 Å². The summed E-state index contributed by atoms with van der Waals surface area (Å²) in [5.74, 6) is 1.13. The van der Waals surface area contributed by atoms with Gasteiger partial charge in [-0.1, -0.05) is 0 Å². The maximum absolute atomic E-state index is 12.4. The van der Waals surface area contributed by atoms with Gasteiger partial charge in [-0.25, -0.2) is 0 Å². The molecule has 1 heterocycles. The maximum Gasteiger partial charge on any atom is 0.255 e. The first-order valence-corrected chi connectivity index (χ1v) is 8.27. The van der Waals surface area contributed by atoms with Crippen molar-refractivity contribution in [3.05, 3.63) is 48.0 Å². The molecule has 0 radical (unpaired) electrons. The molecule has 5 heteroatoms. The molecule has 24 heavy (non-hydrogen) atoms. The van der Waals surface area contributed by atoms with E-state index in [1.165, 1.54) is 0 Å². The van der Waals surface area contributed by atoms with Gasteiger partial charge in [0.25, 0.3) is 5.91 Å². The van der Waals surface area contributed by atoms with Crippen LogP contribution in [-0.2, 0) is 0 Å². The second-order valence-electron chi connectivity index (χ2n) is 5.53. The van der Waals surface area contributed by atoms with Crippen LogP contribution in [0.2, 0.25) is 0 Å². The van der Waals surface area contributed by atoms with Crippen LogP contribution in [0, 0.1) is 0 Å². The smallest absolute Gasteiger partial charge is 0.255 e. The Kier molecular flexibility index (Phi) is 4.89. The van der Waals surface area contributed by atoms with Gasteiger partial charge in [0.05, 0.1) is 0 Å². The number of ether oxygens (including phenoxy) is 2. The summed E-state index contributed by atoms with van der Waals surface area (Å²) in [7, 11) is 0.